The van der Waals surface area contributed by atoms with E-state index in [1.807, 2.05) is 0 Å². The molecule has 0 spiro atoms. The fourth-order valence-electron chi connectivity index (χ4n) is 4.91. The van der Waals surface area contributed by atoms with Gasteiger partial charge < -0.3 is 15.2 Å². The van der Waals surface area contributed by atoms with E-state index in [-0.39, 0.29) is 0 Å². The topological polar surface area (TPSA) is 46.3 Å². The molecule has 0 bridgehead atoms. The van der Waals surface area contributed by atoms with Crippen LogP contribution in [0.3, 0.4) is 0 Å². The van der Waals surface area contributed by atoms with Crippen LogP contribution in [0.25, 0.3) is 16.8 Å². The first-order valence-electron chi connectivity index (χ1n) is 12.7. The van der Waals surface area contributed by atoms with Gasteiger partial charge in [0.2, 0.25) is 0 Å². The molecule has 0 amide bonds. The Balaban J connectivity index is 1.63. The van der Waals surface area contributed by atoms with Crippen molar-refractivity contribution >= 4 is 28.5 Å². The number of aromatic nitrogens is 3. The van der Waals surface area contributed by atoms with Crippen molar-refractivity contribution in [3.8, 4) is 11.1 Å². The third-order valence-corrected chi connectivity index (χ3v) is 7.13. The lowest BCUT2D eigenvalue weighted by Gasteiger charge is -2.13. The first kappa shape index (κ1) is 23.6. The highest BCUT2D eigenvalue weighted by Gasteiger charge is 2.28. The van der Waals surface area contributed by atoms with E-state index in [4.69, 9.17) is 17.3 Å². The van der Waals surface area contributed by atoms with Crippen molar-refractivity contribution in [1.82, 2.24) is 19.5 Å². The Morgan fingerprint density at radius 3 is 2.37 bits per heavy atom. The maximum absolute atomic E-state index is 6.00. The summed E-state index contributed by atoms with van der Waals surface area (Å²) in [4.78, 5) is 0.777. The van der Waals surface area contributed by atoms with Gasteiger partial charge in [0.25, 0.3) is 0 Å². The van der Waals surface area contributed by atoms with Gasteiger partial charge in [-0.15, -0.1) is 0 Å². The molecule has 0 saturated carbocycles. The highest BCUT2D eigenvalue weighted by molar-refractivity contribution is 7.80. The zero-order valence-corrected chi connectivity index (χ0v) is 22.0. The summed E-state index contributed by atoms with van der Waals surface area (Å²) in [7, 11) is 0. The quantitative estimate of drug-likeness (QED) is 0.302. The molecule has 0 aliphatic carbocycles. The van der Waals surface area contributed by atoms with Gasteiger partial charge in [0.1, 0.15) is 16.3 Å². The average Bonchev–Trinajstić information content (AvgIpc) is 3.24. The Bertz CT molecular complexity index is 1340. The second kappa shape index (κ2) is 9.86. The minimum atomic E-state index is 0.511. The van der Waals surface area contributed by atoms with Gasteiger partial charge in [-0.1, -0.05) is 73.6 Å². The van der Waals surface area contributed by atoms with Crippen LogP contribution in [0.15, 0.2) is 48.5 Å². The van der Waals surface area contributed by atoms with E-state index in [0.717, 1.165) is 54.5 Å². The minimum absolute atomic E-state index is 0.511. The van der Waals surface area contributed by atoms with Crippen LogP contribution < -0.4 is 10.6 Å². The highest BCUT2D eigenvalue weighted by Crippen LogP contribution is 2.37. The molecule has 35 heavy (non-hydrogen) atoms. The smallest absolute Gasteiger partial charge is 0.150 e. The molecule has 2 N–H and O–H groups in total. The predicted molar refractivity (Wildman–Crippen MR) is 149 cm³/mol. The average molecular weight is 486 g/mol. The molecule has 3 heterocycles. The van der Waals surface area contributed by atoms with Crippen molar-refractivity contribution < 1.29 is 0 Å². The van der Waals surface area contributed by atoms with Gasteiger partial charge in [-0.25, -0.2) is 4.52 Å². The SMILES string of the molecule is Cc1ccc(NCc2nn3c(C(=S)NCC(C)C)c(-c4ccc(C)cc4)c4c3n2CCCC4)cc1. The zero-order valence-electron chi connectivity index (χ0n) is 21.2. The molecule has 0 unspecified atom stereocenters. The van der Waals surface area contributed by atoms with Crippen molar-refractivity contribution in [2.24, 2.45) is 5.92 Å². The fourth-order valence-corrected chi connectivity index (χ4v) is 5.18. The first-order chi connectivity index (χ1) is 16.9. The molecule has 0 radical (unpaired) electrons. The van der Waals surface area contributed by atoms with Crippen LogP contribution in [-0.4, -0.2) is 25.7 Å². The Morgan fingerprint density at radius 2 is 1.69 bits per heavy atom. The van der Waals surface area contributed by atoms with Gasteiger partial charge in [-0.3, -0.25) is 0 Å². The summed E-state index contributed by atoms with van der Waals surface area (Å²) in [5.74, 6) is 1.56. The molecule has 0 fully saturated rings. The van der Waals surface area contributed by atoms with E-state index >= 15 is 0 Å². The fraction of sp³-hybridized carbons (Fsp3) is 0.379. The van der Waals surface area contributed by atoms with Gasteiger partial charge in [0.15, 0.2) is 5.82 Å². The van der Waals surface area contributed by atoms with Gasteiger partial charge in [-0.05, 0) is 56.7 Å². The van der Waals surface area contributed by atoms with Crippen LogP contribution in [0.2, 0.25) is 0 Å². The molecule has 0 saturated heterocycles. The Hall–Kier alpha value is -3.12. The first-order valence-corrected chi connectivity index (χ1v) is 13.1. The van der Waals surface area contributed by atoms with E-state index in [9.17, 15) is 0 Å². The van der Waals surface area contributed by atoms with E-state index in [1.165, 1.54) is 33.5 Å². The van der Waals surface area contributed by atoms with Crippen molar-refractivity contribution in [2.45, 2.75) is 60.0 Å². The summed E-state index contributed by atoms with van der Waals surface area (Å²) in [6.07, 6.45) is 3.35. The van der Waals surface area contributed by atoms with Crippen LogP contribution in [0.1, 0.15) is 54.9 Å². The van der Waals surface area contributed by atoms with Crippen LogP contribution in [0, 0.1) is 19.8 Å². The number of anilines is 1. The van der Waals surface area contributed by atoms with E-state index < -0.39 is 0 Å². The van der Waals surface area contributed by atoms with Crippen molar-refractivity contribution in [1.29, 1.82) is 0 Å². The summed E-state index contributed by atoms with van der Waals surface area (Å²) in [5, 5.41) is 12.3. The molecule has 6 heteroatoms. The van der Waals surface area contributed by atoms with E-state index in [1.54, 1.807) is 0 Å². The Labute approximate surface area is 213 Å². The summed E-state index contributed by atoms with van der Waals surface area (Å²) >= 11 is 6.00. The van der Waals surface area contributed by atoms with Gasteiger partial charge in [0, 0.05) is 29.9 Å². The lowest BCUT2D eigenvalue weighted by molar-refractivity contribution is 0.619. The standard InChI is InChI=1S/C29H35N5S/c1-19(2)17-31-28(35)27-26(22-12-8-20(3)9-13-22)24-7-5-6-16-33-25(32-34(27)29(24)33)18-30-23-14-10-21(4)11-15-23/h8-15,19,30H,5-7,16-18H2,1-4H3,(H,31,35). The van der Waals surface area contributed by atoms with Crippen molar-refractivity contribution in [3.63, 3.8) is 0 Å². The van der Waals surface area contributed by atoms with Crippen LogP contribution in [0.4, 0.5) is 5.69 Å². The largest absolute Gasteiger partial charge is 0.378 e. The second-order valence-electron chi connectivity index (χ2n) is 10.2. The molecule has 1 aliphatic rings. The maximum atomic E-state index is 6.00. The van der Waals surface area contributed by atoms with Gasteiger partial charge in [-0.2, -0.15) is 5.10 Å². The normalized spacial score (nSPS) is 13.3. The van der Waals surface area contributed by atoms with Crippen molar-refractivity contribution in [2.75, 3.05) is 11.9 Å². The predicted octanol–water partition coefficient (Wildman–Crippen LogP) is 6.29. The van der Waals surface area contributed by atoms with Gasteiger partial charge >= 0.3 is 0 Å². The van der Waals surface area contributed by atoms with E-state index in [0.29, 0.717) is 12.5 Å². The molecule has 2 aromatic heterocycles. The second-order valence-corrected chi connectivity index (χ2v) is 10.6. The third-order valence-electron chi connectivity index (χ3n) is 6.79. The van der Waals surface area contributed by atoms with E-state index in [2.05, 4.69) is 95.9 Å². The number of aryl methyl sites for hydroxylation is 4. The van der Waals surface area contributed by atoms with Crippen LogP contribution in [-0.2, 0) is 19.5 Å². The number of thiocarbonyl (C=S) groups is 1. The highest BCUT2D eigenvalue weighted by atomic mass is 32.1. The number of hydrogen-bond donors (Lipinski definition) is 2. The lowest BCUT2D eigenvalue weighted by atomic mass is 9.97. The molecule has 5 rings (SSSR count). The minimum Gasteiger partial charge on any atom is -0.378 e. The summed E-state index contributed by atoms with van der Waals surface area (Å²) < 4.78 is 4.54. The number of benzene rings is 2. The zero-order chi connectivity index (χ0) is 24.5. The van der Waals surface area contributed by atoms with Crippen molar-refractivity contribution in [3.05, 3.63) is 76.7 Å². The number of nitrogens with zero attached hydrogens (tertiary/aromatic N) is 3. The summed E-state index contributed by atoms with van der Waals surface area (Å²) in [6.45, 7) is 11.2. The number of rotatable bonds is 7. The molecular formula is C29H35N5S. The molecule has 182 valence electrons. The number of hydrogen-bond acceptors (Lipinski definition) is 3. The van der Waals surface area contributed by atoms with Crippen LogP contribution in [0.5, 0.6) is 0 Å². The van der Waals surface area contributed by atoms with Crippen LogP contribution >= 0.6 is 12.2 Å². The third kappa shape index (κ3) is 4.72. The molecular weight excluding hydrogens is 450 g/mol. The summed E-state index contributed by atoms with van der Waals surface area (Å²) in [5.41, 5.74) is 9.67. The molecule has 1 aliphatic heterocycles. The molecule has 5 nitrogen and oxygen atoms in total. The molecule has 0 atom stereocenters. The maximum Gasteiger partial charge on any atom is 0.150 e. The lowest BCUT2D eigenvalue weighted by Crippen LogP contribution is -2.28. The molecule has 2 aromatic carbocycles. The summed E-state index contributed by atoms with van der Waals surface area (Å²) in [6, 6.07) is 17.4. The monoisotopic (exact) mass is 485 g/mol. The molecule has 4 aromatic rings. The Kier molecular flexibility index (Phi) is 6.65. The Morgan fingerprint density at radius 1 is 1.00 bits per heavy atom. The number of nitrogens with one attached hydrogen (secondary N) is 2. The van der Waals surface area contributed by atoms with Gasteiger partial charge in [0.05, 0.1) is 6.54 Å².